The summed E-state index contributed by atoms with van der Waals surface area (Å²) >= 11 is 0. The van der Waals surface area contributed by atoms with Gasteiger partial charge in [0.2, 0.25) is 5.95 Å². The first-order chi connectivity index (χ1) is 9.60. The van der Waals surface area contributed by atoms with E-state index in [0.717, 1.165) is 19.3 Å². The number of aromatic nitrogens is 2. The molecule has 1 aliphatic carbocycles. The van der Waals surface area contributed by atoms with Crippen LogP contribution in [0.3, 0.4) is 0 Å². The van der Waals surface area contributed by atoms with Crippen LogP contribution in [0.5, 0.6) is 0 Å². The SMILES string of the molecule is O=C(O)CC1(NC(=O)Nc2ncccn2)CCCCC1. The average molecular weight is 278 g/mol. The van der Waals surface area contributed by atoms with Gasteiger partial charge in [0.05, 0.1) is 12.0 Å². The lowest BCUT2D eigenvalue weighted by atomic mass is 9.79. The Morgan fingerprint density at radius 2 is 1.85 bits per heavy atom. The van der Waals surface area contributed by atoms with Gasteiger partial charge in [-0.2, -0.15) is 0 Å². The Bertz CT molecular complexity index is 472. The molecule has 2 rings (SSSR count). The van der Waals surface area contributed by atoms with Crippen LogP contribution in [0.15, 0.2) is 18.5 Å². The number of carboxylic acids is 1. The van der Waals surface area contributed by atoms with E-state index in [1.54, 1.807) is 6.07 Å². The summed E-state index contributed by atoms with van der Waals surface area (Å²) < 4.78 is 0. The van der Waals surface area contributed by atoms with Crippen molar-refractivity contribution in [2.75, 3.05) is 5.32 Å². The van der Waals surface area contributed by atoms with Crippen LogP contribution in [-0.2, 0) is 4.79 Å². The summed E-state index contributed by atoms with van der Waals surface area (Å²) in [5.74, 6) is -0.700. The third-order valence-electron chi connectivity index (χ3n) is 3.47. The van der Waals surface area contributed by atoms with Crippen molar-refractivity contribution < 1.29 is 14.7 Å². The van der Waals surface area contributed by atoms with E-state index in [9.17, 15) is 9.59 Å². The lowest BCUT2D eigenvalue weighted by molar-refractivity contribution is -0.138. The number of nitrogens with one attached hydrogen (secondary N) is 2. The smallest absolute Gasteiger partial charge is 0.322 e. The van der Waals surface area contributed by atoms with Crippen molar-refractivity contribution in [3.05, 3.63) is 18.5 Å². The molecule has 1 heterocycles. The highest BCUT2D eigenvalue weighted by atomic mass is 16.4. The zero-order chi connectivity index (χ0) is 14.4. The first-order valence-electron chi connectivity index (χ1n) is 6.68. The molecule has 1 aromatic rings. The highest BCUT2D eigenvalue weighted by Crippen LogP contribution is 2.31. The second kappa shape index (κ2) is 6.31. The molecule has 3 N–H and O–H groups in total. The molecule has 0 unspecified atom stereocenters. The van der Waals surface area contributed by atoms with E-state index in [0.29, 0.717) is 12.8 Å². The van der Waals surface area contributed by atoms with Crippen molar-refractivity contribution in [2.45, 2.75) is 44.1 Å². The first-order valence-corrected chi connectivity index (χ1v) is 6.68. The fraction of sp³-hybridized carbons (Fsp3) is 0.538. The van der Waals surface area contributed by atoms with Crippen LogP contribution in [0.4, 0.5) is 10.7 Å². The molecule has 0 bridgehead atoms. The molecule has 0 aliphatic heterocycles. The molecule has 2 amide bonds. The lowest BCUT2D eigenvalue weighted by Gasteiger charge is -2.36. The Balaban J connectivity index is 2.00. The molecule has 1 fully saturated rings. The number of amides is 2. The van der Waals surface area contributed by atoms with Crippen LogP contribution < -0.4 is 10.6 Å². The van der Waals surface area contributed by atoms with E-state index in [-0.39, 0.29) is 12.4 Å². The largest absolute Gasteiger partial charge is 0.481 e. The Morgan fingerprint density at radius 3 is 2.45 bits per heavy atom. The number of anilines is 1. The molecule has 1 saturated carbocycles. The van der Waals surface area contributed by atoms with Gasteiger partial charge in [0.25, 0.3) is 0 Å². The minimum Gasteiger partial charge on any atom is -0.481 e. The summed E-state index contributed by atoms with van der Waals surface area (Å²) in [5, 5.41) is 14.4. The number of aliphatic carboxylic acids is 1. The van der Waals surface area contributed by atoms with Gasteiger partial charge in [-0.15, -0.1) is 0 Å². The van der Waals surface area contributed by atoms with Crippen molar-refractivity contribution in [3.63, 3.8) is 0 Å². The third-order valence-corrected chi connectivity index (χ3v) is 3.47. The van der Waals surface area contributed by atoms with E-state index in [1.165, 1.54) is 12.4 Å². The summed E-state index contributed by atoms with van der Waals surface area (Å²) in [7, 11) is 0. The quantitative estimate of drug-likeness (QED) is 0.778. The molecule has 1 aliphatic rings. The zero-order valence-corrected chi connectivity index (χ0v) is 11.1. The Kier molecular flexibility index (Phi) is 4.49. The standard InChI is InChI=1S/C13H18N4O3/c18-10(19)9-13(5-2-1-3-6-13)17-12(20)16-11-14-7-4-8-15-11/h4,7-8H,1-3,5-6,9H2,(H,18,19)(H2,14,15,16,17,20). The van der Waals surface area contributed by atoms with Gasteiger partial charge in [-0.25, -0.2) is 14.8 Å². The summed E-state index contributed by atoms with van der Waals surface area (Å²) in [6, 6.07) is 1.19. The third kappa shape index (κ3) is 3.91. The fourth-order valence-electron chi connectivity index (χ4n) is 2.60. The van der Waals surface area contributed by atoms with E-state index >= 15 is 0 Å². The number of hydrogen-bond acceptors (Lipinski definition) is 4. The maximum Gasteiger partial charge on any atom is 0.322 e. The van der Waals surface area contributed by atoms with Crippen molar-refractivity contribution in [2.24, 2.45) is 0 Å². The molecule has 7 heteroatoms. The summed E-state index contributed by atoms with van der Waals surface area (Å²) in [4.78, 5) is 30.8. The Morgan fingerprint density at radius 1 is 1.20 bits per heavy atom. The van der Waals surface area contributed by atoms with Gasteiger partial charge in [-0.05, 0) is 18.9 Å². The van der Waals surface area contributed by atoms with Gasteiger partial charge >= 0.3 is 12.0 Å². The number of carbonyl (C=O) groups is 2. The number of nitrogens with zero attached hydrogens (tertiary/aromatic N) is 2. The van der Waals surface area contributed by atoms with E-state index in [1.807, 2.05) is 0 Å². The van der Waals surface area contributed by atoms with Crippen LogP contribution in [0, 0.1) is 0 Å². The van der Waals surface area contributed by atoms with Gasteiger partial charge in [-0.3, -0.25) is 10.1 Å². The van der Waals surface area contributed by atoms with E-state index < -0.39 is 17.5 Å². The number of urea groups is 1. The molecule has 0 radical (unpaired) electrons. The van der Waals surface area contributed by atoms with Gasteiger partial charge in [0, 0.05) is 12.4 Å². The highest BCUT2D eigenvalue weighted by molar-refractivity contribution is 5.88. The van der Waals surface area contributed by atoms with Crippen LogP contribution in [0.1, 0.15) is 38.5 Å². The van der Waals surface area contributed by atoms with E-state index in [2.05, 4.69) is 20.6 Å². The van der Waals surface area contributed by atoms with Crippen LogP contribution in [0.2, 0.25) is 0 Å². The predicted octanol–water partition coefficient (Wildman–Crippen LogP) is 1.78. The summed E-state index contributed by atoms with van der Waals surface area (Å²) in [6.45, 7) is 0. The molecule has 1 aromatic heterocycles. The van der Waals surface area contributed by atoms with Crippen LogP contribution in [0.25, 0.3) is 0 Å². The molecule has 108 valence electrons. The minimum atomic E-state index is -0.900. The average Bonchev–Trinajstić information content (AvgIpc) is 2.39. The molecule has 7 nitrogen and oxygen atoms in total. The van der Waals surface area contributed by atoms with Crippen LogP contribution in [-0.4, -0.2) is 32.6 Å². The van der Waals surface area contributed by atoms with Gasteiger partial charge in [0.15, 0.2) is 0 Å². The second-order valence-corrected chi connectivity index (χ2v) is 5.06. The van der Waals surface area contributed by atoms with Gasteiger partial charge in [-0.1, -0.05) is 19.3 Å². The molecule has 0 atom stereocenters. The molecular weight excluding hydrogens is 260 g/mol. The molecular formula is C13H18N4O3. The maximum atomic E-state index is 12.0. The van der Waals surface area contributed by atoms with Gasteiger partial charge < -0.3 is 10.4 Å². The Hall–Kier alpha value is -2.18. The van der Waals surface area contributed by atoms with Gasteiger partial charge in [0.1, 0.15) is 0 Å². The molecule has 0 aromatic carbocycles. The number of rotatable bonds is 4. The number of carboxylic acid groups (broad SMARTS) is 1. The Labute approximate surface area is 116 Å². The first kappa shape index (κ1) is 14.2. The van der Waals surface area contributed by atoms with Crippen molar-refractivity contribution >= 4 is 17.9 Å². The highest BCUT2D eigenvalue weighted by Gasteiger charge is 2.35. The monoisotopic (exact) mass is 278 g/mol. The molecule has 0 spiro atoms. The van der Waals surface area contributed by atoms with Crippen molar-refractivity contribution in [1.29, 1.82) is 0 Å². The second-order valence-electron chi connectivity index (χ2n) is 5.06. The minimum absolute atomic E-state index is 0.0595. The van der Waals surface area contributed by atoms with Crippen LogP contribution >= 0.6 is 0 Å². The zero-order valence-electron chi connectivity index (χ0n) is 11.1. The van der Waals surface area contributed by atoms with E-state index in [4.69, 9.17) is 5.11 Å². The summed E-state index contributed by atoms with van der Waals surface area (Å²) in [6.07, 6.45) is 7.28. The van der Waals surface area contributed by atoms with Crippen molar-refractivity contribution in [1.82, 2.24) is 15.3 Å². The van der Waals surface area contributed by atoms with Crippen molar-refractivity contribution in [3.8, 4) is 0 Å². The molecule has 20 heavy (non-hydrogen) atoms. The normalized spacial score (nSPS) is 17.2. The number of carbonyl (C=O) groups excluding carboxylic acids is 1. The molecule has 0 saturated heterocycles. The topological polar surface area (TPSA) is 104 Å². The lowest BCUT2D eigenvalue weighted by Crippen LogP contribution is -2.52. The fourth-order valence-corrected chi connectivity index (χ4v) is 2.60. The summed E-state index contributed by atoms with van der Waals surface area (Å²) in [5.41, 5.74) is -0.664. The predicted molar refractivity (Wildman–Crippen MR) is 72.3 cm³/mol. The number of hydrogen-bond donors (Lipinski definition) is 3. The maximum absolute atomic E-state index is 12.0.